The van der Waals surface area contributed by atoms with Gasteiger partial charge in [0.15, 0.2) is 0 Å². The zero-order valence-corrected chi connectivity index (χ0v) is 9.63. The molecule has 0 amide bonds. The van der Waals surface area contributed by atoms with Crippen LogP contribution in [0, 0.1) is 0 Å². The van der Waals surface area contributed by atoms with Crippen LogP contribution >= 0.6 is 11.6 Å². The van der Waals surface area contributed by atoms with Crippen LogP contribution in [0.25, 0.3) is 0 Å². The van der Waals surface area contributed by atoms with Crippen LogP contribution in [0.15, 0.2) is 24.3 Å². The molecular formula is C12H12ClFO2. The fraction of sp³-hybridized carbons (Fsp3) is 0.417. The Morgan fingerprint density at radius 2 is 2.00 bits per heavy atom. The molecule has 0 aliphatic heterocycles. The molecule has 1 aliphatic carbocycles. The molecule has 0 spiro atoms. The number of methoxy groups -OCH3 is 1. The van der Waals surface area contributed by atoms with E-state index in [1.807, 2.05) is 0 Å². The normalized spacial score (nSPS) is 28.3. The van der Waals surface area contributed by atoms with Gasteiger partial charge in [-0.15, -0.1) is 0 Å². The number of halogens is 2. The summed E-state index contributed by atoms with van der Waals surface area (Å²) in [5, 5.41) is 0.597. The molecule has 0 radical (unpaired) electrons. The van der Waals surface area contributed by atoms with Crippen LogP contribution in [0.2, 0.25) is 5.02 Å². The molecule has 1 saturated carbocycles. The van der Waals surface area contributed by atoms with E-state index in [0.29, 0.717) is 5.02 Å². The van der Waals surface area contributed by atoms with Gasteiger partial charge >= 0.3 is 5.97 Å². The number of hydrogen-bond donors (Lipinski definition) is 0. The van der Waals surface area contributed by atoms with E-state index in [2.05, 4.69) is 0 Å². The molecule has 0 bridgehead atoms. The lowest BCUT2D eigenvalue weighted by atomic mass is 9.63. The molecule has 2 nitrogen and oxygen atoms in total. The summed E-state index contributed by atoms with van der Waals surface area (Å²) in [5.74, 6) is -0.372. The van der Waals surface area contributed by atoms with Crippen molar-refractivity contribution in [2.45, 2.75) is 24.4 Å². The Labute approximate surface area is 98.4 Å². The minimum absolute atomic E-state index is 0.196. The standard InChI is InChI=1S/C12H12ClFO2/c1-16-11(15)12(6-10(14)7-12)8-2-4-9(13)5-3-8/h2-5,10H,6-7H2,1H3/t10-,12-. The first-order valence-corrected chi connectivity index (χ1v) is 5.45. The van der Waals surface area contributed by atoms with Crippen molar-refractivity contribution in [1.82, 2.24) is 0 Å². The third kappa shape index (κ3) is 1.69. The first-order valence-electron chi connectivity index (χ1n) is 5.07. The molecule has 16 heavy (non-hydrogen) atoms. The highest BCUT2D eigenvalue weighted by molar-refractivity contribution is 6.30. The van der Waals surface area contributed by atoms with E-state index in [9.17, 15) is 9.18 Å². The van der Waals surface area contributed by atoms with Gasteiger partial charge < -0.3 is 4.74 Å². The molecule has 0 atom stereocenters. The Bertz CT molecular complexity index is 396. The molecule has 0 heterocycles. The molecule has 2 rings (SSSR count). The second kappa shape index (κ2) is 4.06. The van der Waals surface area contributed by atoms with Gasteiger partial charge in [0.1, 0.15) is 6.17 Å². The van der Waals surface area contributed by atoms with E-state index < -0.39 is 11.6 Å². The summed E-state index contributed by atoms with van der Waals surface area (Å²) in [7, 11) is 1.32. The zero-order valence-electron chi connectivity index (χ0n) is 8.87. The van der Waals surface area contributed by atoms with Crippen LogP contribution in [0.1, 0.15) is 18.4 Å². The van der Waals surface area contributed by atoms with Crippen molar-refractivity contribution in [3.8, 4) is 0 Å². The van der Waals surface area contributed by atoms with Gasteiger partial charge in [0.05, 0.1) is 12.5 Å². The maximum Gasteiger partial charge on any atom is 0.316 e. The van der Waals surface area contributed by atoms with Crippen LogP contribution in [-0.4, -0.2) is 19.3 Å². The second-order valence-electron chi connectivity index (χ2n) is 4.09. The van der Waals surface area contributed by atoms with Crippen molar-refractivity contribution in [2.24, 2.45) is 0 Å². The molecule has 0 unspecified atom stereocenters. The average molecular weight is 243 g/mol. The molecule has 1 aromatic rings. The lowest BCUT2D eigenvalue weighted by Gasteiger charge is -2.41. The third-order valence-corrected chi connectivity index (χ3v) is 3.36. The molecule has 4 heteroatoms. The monoisotopic (exact) mass is 242 g/mol. The number of ether oxygens (including phenoxy) is 1. The molecule has 0 saturated heterocycles. The summed E-state index contributed by atoms with van der Waals surface area (Å²) in [6.45, 7) is 0. The number of carbonyl (C=O) groups excluding carboxylic acids is 1. The molecular weight excluding hydrogens is 231 g/mol. The summed E-state index contributed by atoms with van der Waals surface area (Å²) in [6.07, 6.45) is -0.530. The molecule has 1 fully saturated rings. The van der Waals surface area contributed by atoms with Gasteiger partial charge in [-0.1, -0.05) is 23.7 Å². The number of alkyl halides is 1. The highest BCUT2D eigenvalue weighted by Gasteiger charge is 2.52. The first-order chi connectivity index (χ1) is 7.58. The van der Waals surface area contributed by atoms with Gasteiger partial charge in [-0.25, -0.2) is 4.39 Å². The lowest BCUT2D eigenvalue weighted by Crippen LogP contribution is -2.49. The van der Waals surface area contributed by atoms with Gasteiger partial charge in [0.25, 0.3) is 0 Å². The van der Waals surface area contributed by atoms with Crippen LogP contribution in [0.4, 0.5) is 4.39 Å². The predicted molar refractivity (Wildman–Crippen MR) is 59.3 cm³/mol. The van der Waals surface area contributed by atoms with Gasteiger partial charge in [0, 0.05) is 5.02 Å². The van der Waals surface area contributed by atoms with Crippen molar-refractivity contribution in [2.75, 3.05) is 7.11 Å². The largest absolute Gasteiger partial charge is 0.468 e. The Hall–Kier alpha value is -1.09. The number of rotatable bonds is 2. The van der Waals surface area contributed by atoms with E-state index in [0.717, 1.165) is 5.56 Å². The van der Waals surface area contributed by atoms with E-state index in [4.69, 9.17) is 16.3 Å². The Balaban J connectivity index is 2.34. The smallest absolute Gasteiger partial charge is 0.316 e. The first kappa shape index (κ1) is 11.4. The minimum atomic E-state index is -0.922. The number of benzene rings is 1. The van der Waals surface area contributed by atoms with Crippen molar-refractivity contribution in [3.05, 3.63) is 34.9 Å². The summed E-state index contributed by atoms with van der Waals surface area (Å²) < 4.78 is 17.8. The predicted octanol–water partition coefficient (Wildman–Crippen LogP) is 2.88. The number of esters is 1. The Morgan fingerprint density at radius 3 is 2.44 bits per heavy atom. The molecule has 86 valence electrons. The highest BCUT2D eigenvalue weighted by Crippen LogP contribution is 2.46. The summed E-state index contributed by atoms with van der Waals surface area (Å²) in [4.78, 5) is 11.7. The van der Waals surface area contributed by atoms with Crippen molar-refractivity contribution in [3.63, 3.8) is 0 Å². The van der Waals surface area contributed by atoms with Gasteiger partial charge in [-0.3, -0.25) is 4.79 Å². The van der Waals surface area contributed by atoms with Gasteiger partial charge in [-0.05, 0) is 30.5 Å². The fourth-order valence-electron chi connectivity index (χ4n) is 2.18. The van der Waals surface area contributed by atoms with Crippen LogP contribution in [-0.2, 0) is 14.9 Å². The molecule has 1 aromatic carbocycles. The minimum Gasteiger partial charge on any atom is -0.468 e. The maximum absolute atomic E-state index is 13.0. The third-order valence-electron chi connectivity index (χ3n) is 3.11. The maximum atomic E-state index is 13.0. The molecule has 1 aliphatic rings. The second-order valence-corrected chi connectivity index (χ2v) is 4.52. The fourth-order valence-corrected chi connectivity index (χ4v) is 2.31. The Morgan fingerprint density at radius 1 is 1.44 bits per heavy atom. The van der Waals surface area contributed by atoms with Crippen molar-refractivity contribution >= 4 is 17.6 Å². The topological polar surface area (TPSA) is 26.3 Å². The Kier molecular flexibility index (Phi) is 2.89. The zero-order chi connectivity index (χ0) is 11.8. The van der Waals surface area contributed by atoms with Crippen molar-refractivity contribution in [1.29, 1.82) is 0 Å². The molecule has 0 N–H and O–H groups in total. The van der Waals surface area contributed by atoms with E-state index in [1.165, 1.54) is 7.11 Å². The number of carbonyl (C=O) groups is 1. The molecule has 0 aromatic heterocycles. The lowest BCUT2D eigenvalue weighted by molar-refractivity contribution is -0.154. The summed E-state index contributed by atoms with van der Waals surface area (Å²) >= 11 is 5.77. The SMILES string of the molecule is COC(=O)[C@]1(c2ccc(Cl)cc2)C[C@@H](F)C1. The van der Waals surface area contributed by atoms with Crippen molar-refractivity contribution < 1.29 is 13.9 Å². The summed E-state index contributed by atoms with van der Waals surface area (Å²) in [5.41, 5.74) is -0.0312. The van der Waals surface area contributed by atoms with Gasteiger partial charge in [-0.2, -0.15) is 0 Å². The van der Waals surface area contributed by atoms with E-state index in [1.54, 1.807) is 24.3 Å². The van der Waals surface area contributed by atoms with Gasteiger partial charge in [0.2, 0.25) is 0 Å². The van der Waals surface area contributed by atoms with Crippen LogP contribution in [0.3, 0.4) is 0 Å². The van der Waals surface area contributed by atoms with E-state index >= 15 is 0 Å². The quantitative estimate of drug-likeness (QED) is 0.746. The summed E-state index contributed by atoms with van der Waals surface area (Å²) in [6, 6.07) is 6.91. The van der Waals surface area contributed by atoms with Crippen LogP contribution < -0.4 is 0 Å². The number of hydrogen-bond acceptors (Lipinski definition) is 2. The van der Waals surface area contributed by atoms with Crippen LogP contribution in [0.5, 0.6) is 0 Å². The highest BCUT2D eigenvalue weighted by atomic mass is 35.5. The average Bonchev–Trinajstić information content (AvgIpc) is 2.25. The van der Waals surface area contributed by atoms with E-state index in [-0.39, 0.29) is 18.8 Å².